The van der Waals surface area contributed by atoms with E-state index in [4.69, 9.17) is 4.74 Å². The molecule has 0 unspecified atom stereocenters. The Morgan fingerprint density at radius 2 is 2.00 bits per heavy atom. The van der Waals surface area contributed by atoms with Gasteiger partial charge in [0.05, 0.1) is 24.5 Å². The van der Waals surface area contributed by atoms with Gasteiger partial charge in [-0.2, -0.15) is 5.10 Å². The highest BCUT2D eigenvalue weighted by Crippen LogP contribution is 2.11. The predicted molar refractivity (Wildman–Crippen MR) is 92.0 cm³/mol. The number of hydrogen-bond donors (Lipinski definition) is 2. The molecular weight excluding hydrogens is 322 g/mol. The first kappa shape index (κ1) is 18.4. The van der Waals surface area contributed by atoms with Crippen LogP contribution in [0.25, 0.3) is 0 Å². The average molecular weight is 345 g/mol. The summed E-state index contributed by atoms with van der Waals surface area (Å²) in [7, 11) is 1.87. The zero-order valence-corrected chi connectivity index (χ0v) is 14.9. The van der Waals surface area contributed by atoms with Gasteiger partial charge in [0.15, 0.2) is 0 Å². The van der Waals surface area contributed by atoms with Gasteiger partial charge in [-0.3, -0.25) is 14.5 Å². The normalized spacial score (nSPS) is 10.4. The summed E-state index contributed by atoms with van der Waals surface area (Å²) >= 11 is 0. The molecule has 8 heteroatoms. The van der Waals surface area contributed by atoms with Crippen molar-refractivity contribution in [3.8, 4) is 0 Å². The van der Waals surface area contributed by atoms with Crippen LogP contribution in [0.3, 0.4) is 0 Å². The molecule has 0 aromatic carbocycles. The highest BCUT2D eigenvalue weighted by atomic mass is 16.5. The average Bonchev–Trinajstić information content (AvgIpc) is 2.83. The van der Waals surface area contributed by atoms with Crippen LogP contribution in [0.2, 0.25) is 0 Å². The highest BCUT2D eigenvalue weighted by molar-refractivity contribution is 5.94. The standard InChI is InChI=1S/C17H23N5O3/c1-5-25-17(24)20-9-14-8-13(6-7-18-14)16(23)19-10-15-11(2)21-22(4)12(15)3/h6-8H,5,9-10H2,1-4H3,(H,19,23)(H,20,24). The van der Waals surface area contributed by atoms with Crippen LogP contribution < -0.4 is 10.6 Å². The van der Waals surface area contributed by atoms with Crippen molar-refractivity contribution in [2.45, 2.75) is 33.9 Å². The molecule has 8 nitrogen and oxygen atoms in total. The van der Waals surface area contributed by atoms with Crippen molar-refractivity contribution in [3.05, 3.63) is 46.5 Å². The minimum atomic E-state index is -0.512. The molecule has 0 fully saturated rings. The summed E-state index contributed by atoms with van der Waals surface area (Å²) in [5.41, 5.74) is 3.99. The molecule has 2 rings (SSSR count). The summed E-state index contributed by atoms with van der Waals surface area (Å²) in [6, 6.07) is 3.27. The van der Waals surface area contributed by atoms with Gasteiger partial charge in [-0.15, -0.1) is 0 Å². The quantitative estimate of drug-likeness (QED) is 0.829. The van der Waals surface area contributed by atoms with Gasteiger partial charge in [-0.1, -0.05) is 0 Å². The third kappa shape index (κ3) is 4.79. The summed E-state index contributed by atoms with van der Waals surface area (Å²) in [6.45, 7) is 6.51. The zero-order chi connectivity index (χ0) is 18.4. The van der Waals surface area contributed by atoms with E-state index >= 15 is 0 Å². The molecule has 0 aliphatic heterocycles. The van der Waals surface area contributed by atoms with E-state index < -0.39 is 6.09 Å². The zero-order valence-electron chi connectivity index (χ0n) is 14.9. The monoisotopic (exact) mass is 345 g/mol. The Bertz CT molecular complexity index is 770. The van der Waals surface area contributed by atoms with E-state index in [1.807, 2.05) is 20.9 Å². The maximum absolute atomic E-state index is 12.4. The summed E-state index contributed by atoms with van der Waals surface area (Å²) in [6.07, 6.45) is 1.03. The van der Waals surface area contributed by atoms with Crippen LogP contribution in [-0.2, 0) is 24.9 Å². The molecule has 0 saturated heterocycles. The molecule has 0 aliphatic carbocycles. The first-order chi connectivity index (χ1) is 11.9. The molecule has 134 valence electrons. The van der Waals surface area contributed by atoms with Gasteiger partial charge in [0.2, 0.25) is 0 Å². The fourth-order valence-electron chi connectivity index (χ4n) is 2.40. The van der Waals surface area contributed by atoms with Gasteiger partial charge in [-0.25, -0.2) is 4.79 Å². The van der Waals surface area contributed by atoms with Crippen LogP contribution >= 0.6 is 0 Å². The number of nitrogens with one attached hydrogen (secondary N) is 2. The van der Waals surface area contributed by atoms with Crippen molar-refractivity contribution in [3.63, 3.8) is 0 Å². The Balaban J connectivity index is 1.97. The van der Waals surface area contributed by atoms with Gasteiger partial charge in [0.25, 0.3) is 5.91 Å². The first-order valence-electron chi connectivity index (χ1n) is 8.05. The van der Waals surface area contributed by atoms with Crippen molar-refractivity contribution in [2.75, 3.05) is 6.61 Å². The number of alkyl carbamates (subject to hydrolysis) is 1. The van der Waals surface area contributed by atoms with Crippen molar-refractivity contribution < 1.29 is 14.3 Å². The molecule has 0 radical (unpaired) electrons. The maximum Gasteiger partial charge on any atom is 0.407 e. The number of hydrogen-bond acceptors (Lipinski definition) is 5. The Morgan fingerprint density at radius 3 is 2.64 bits per heavy atom. The van der Waals surface area contributed by atoms with E-state index in [0.29, 0.717) is 24.4 Å². The van der Waals surface area contributed by atoms with Gasteiger partial charge < -0.3 is 15.4 Å². The number of rotatable bonds is 6. The van der Waals surface area contributed by atoms with Crippen LogP contribution in [-0.4, -0.2) is 33.4 Å². The molecule has 0 spiro atoms. The number of carbonyl (C=O) groups is 2. The summed E-state index contributed by atoms with van der Waals surface area (Å²) in [5, 5.41) is 9.80. The van der Waals surface area contributed by atoms with E-state index in [1.165, 1.54) is 6.20 Å². The van der Waals surface area contributed by atoms with E-state index in [-0.39, 0.29) is 12.5 Å². The lowest BCUT2D eigenvalue weighted by Crippen LogP contribution is -2.25. The molecule has 0 saturated carbocycles. The third-order valence-electron chi connectivity index (χ3n) is 3.85. The van der Waals surface area contributed by atoms with Gasteiger partial charge in [0, 0.05) is 36.6 Å². The van der Waals surface area contributed by atoms with Crippen LogP contribution in [0.5, 0.6) is 0 Å². The number of aromatic nitrogens is 3. The van der Waals surface area contributed by atoms with Gasteiger partial charge in [-0.05, 0) is 32.9 Å². The predicted octanol–water partition coefficient (Wildman–Crippen LogP) is 1.61. The van der Waals surface area contributed by atoms with Gasteiger partial charge in [0.1, 0.15) is 0 Å². The fourth-order valence-corrected chi connectivity index (χ4v) is 2.40. The Labute approximate surface area is 146 Å². The number of carbonyl (C=O) groups excluding carboxylic acids is 2. The molecule has 0 aliphatic rings. The van der Waals surface area contributed by atoms with E-state index in [1.54, 1.807) is 23.7 Å². The second-order valence-electron chi connectivity index (χ2n) is 5.57. The lowest BCUT2D eigenvalue weighted by molar-refractivity contribution is 0.0950. The smallest absolute Gasteiger partial charge is 0.407 e. The Kier molecular flexibility index (Phi) is 6.10. The number of aryl methyl sites for hydroxylation is 2. The van der Waals surface area contributed by atoms with Crippen molar-refractivity contribution in [2.24, 2.45) is 7.05 Å². The number of pyridine rings is 1. The van der Waals surface area contributed by atoms with Crippen molar-refractivity contribution in [1.82, 2.24) is 25.4 Å². The SMILES string of the molecule is CCOC(=O)NCc1cc(C(=O)NCc2c(C)nn(C)c2C)ccn1. The summed E-state index contributed by atoms with van der Waals surface area (Å²) in [5.74, 6) is -0.206. The van der Waals surface area contributed by atoms with Crippen LogP contribution in [0.1, 0.15) is 39.9 Å². The van der Waals surface area contributed by atoms with Crippen molar-refractivity contribution >= 4 is 12.0 Å². The summed E-state index contributed by atoms with van der Waals surface area (Å²) in [4.78, 5) is 27.8. The second-order valence-corrected chi connectivity index (χ2v) is 5.57. The van der Waals surface area contributed by atoms with E-state index in [2.05, 4.69) is 20.7 Å². The number of ether oxygens (including phenoxy) is 1. The number of nitrogens with zero attached hydrogens (tertiary/aromatic N) is 3. The maximum atomic E-state index is 12.4. The molecule has 0 bridgehead atoms. The molecule has 2 aromatic heterocycles. The lowest BCUT2D eigenvalue weighted by Gasteiger charge is -2.08. The first-order valence-corrected chi connectivity index (χ1v) is 8.05. The van der Waals surface area contributed by atoms with E-state index in [0.717, 1.165) is 17.0 Å². The highest BCUT2D eigenvalue weighted by Gasteiger charge is 2.12. The van der Waals surface area contributed by atoms with E-state index in [9.17, 15) is 9.59 Å². The molecule has 25 heavy (non-hydrogen) atoms. The molecule has 2 amide bonds. The molecule has 2 N–H and O–H groups in total. The molecule has 0 atom stereocenters. The fraction of sp³-hybridized carbons (Fsp3) is 0.412. The van der Waals surface area contributed by atoms with Crippen molar-refractivity contribution in [1.29, 1.82) is 0 Å². The topological polar surface area (TPSA) is 98.1 Å². The Hall–Kier alpha value is -2.90. The molecule has 2 heterocycles. The second kappa shape index (κ2) is 8.27. The minimum Gasteiger partial charge on any atom is -0.450 e. The van der Waals surface area contributed by atoms with Gasteiger partial charge >= 0.3 is 6.09 Å². The molecule has 2 aromatic rings. The van der Waals surface area contributed by atoms with Crippen LogP contribution in [0.4, 0.5) is 4.79 Å². The Morgan fingerprint density at radius 1 is 1.24 bits per heavy atom. The van der Waals surface area contributed by atoms with Crippen LogP contribution in [0.15, 0.2) is 18.3 Å². The largest absolute Gasteiger partial charge is 0.450 e. The summed E-state index contributed by atoms with van der Waals surface area (Å²) < 4.78 is 6.58. The minimum absolute atomic E-state index is 0.195. The lowest BCUT2D eigenvalue weighted by atomic mass is 10.1. The number of amides is 2. The third-order valence-corrected chi connectivity index (χ3v) is 3.85. The van der Waals surface area contributed by atoms with Crippen LogP contribution in [0, 0.1) is 13.8 Å². The molecular formula is C17H23N5O3.